The Balaban J connectivity index is 2.03. The molecule has 10 heteroatoms. The number of nitrogens with zero attached hydrogens (tertiary/aromatic N) is 4. The van der Waals surface area contributed by atoms with Gasteiger partial charge in [-0.2, -0.15) is 0 Å². The van der Waals surface area contributed by atoms with Gasteiger partial charge in [-0.15, -0.1) is 10.2 Å². The van der Waals surface area contributed by atoms with E-state index in [1.807, 2.05) is 6.26 Å². The first-order valence-corrected chi connectivity index (χ1v) is 8.33. The Bertz CT molecular complexity index is 649. The van der Waals surface area contributed by atoms with E-state index in [1.54, 1.807) is 25.3 Å². The Morgan fingerprint density at radius 1 is 1.48 bits per heavy atom. The van der Waals surface area contributed by atoms with E-state index in [1.165, 1.54) is 28.2 Å². The molecule has 1 atom stereocenters. The van der Waals surface area contributed by atoms with Crippen LogP contribution in [-0.2, 0) is 4.79 Å². The Morgan fingerprint density at radius 3 is 2.81 bits per heavy atom. The maximum Gasteiger partial charge on any atom is 0.237 e. The van der Waals surface area contributed by atoms with Crippen molar-refractivity contribution in [2.75, 3.05) is 17.4 Å². The second-order valence-corrected chi connectivity index (χ2v) is 6.37. The predicted octanol–water partition coefficient (Wildman–Crippen LogP) is 1.88. The fourth-order valence-corrected chi connectivity index (χ4v) is 2.81. The second kappa shape index (κ2) is 7.01. The number of nitrogen functional groups attached to an aromatic ring is 1. The van der Waals surface area contributed by atoms with Gasteiger partial charge in [-0.25, -0.2) is 9.66 Å². The number of hydrogen-bond donors (Lipinski definition) is 2. The number of halogens is 1. The summed E-state index contributed by atoms with van der Waals surface area (Å²) in [5.74, 6) is 5.61. The van der Waals surface area contributed by atoms with Crippen LogP contribution in [0, 0.1) is 0 Å². The standard InChI is InChI=1S/C11H13ClN6OS2/c1-6(21-11-17-16-10(20-2)18(11)13)9(19)15-7-4-3-5-14-8(7)12/h3-6H,13H2,1-2H3,(H,15,19)/t6-/m1/s1. The molecule has 0 unspecified atom stereocenters. The monoisotopic (exact) mass is 344 g/mol. The third-order valence-corrected chi connectivity index (χ3v) is 4.49. The summed E-state index contributed by atoms with van der Waals surface area (Å²) < 4.78 is 1.36. The molecular weight excluding hydrogens is 332 g/mol. The highest BCUT2D eigenvalue weighted by Crippen LogP contribution is 2.25. The molecule has 3 N–H and O–H groups in total. The van der Waals surface area contributed by atoms with Crippen molar-refractivity contribution in [3.63, 3.8) is 0 Å². The molecule has 0 saturated carbocycles. The van der Waals surface area contributed by atoms with Crippen molar-refractivity contribution in [3.05, 3.63) is 23.5 Å². The van der Waals surface area contributed by atoms with Gasteiger partial charge in [0, 0.05) is 6.20 Å². The fourth-order valence-electron chi connectivity index (χ4n) is 1.41. The summed E-state index contributed by atoms with van der Waals surface area (Å²) >= 11 is 8.49. The average Bonchev–Trinajstić information content (AvgIpc) is 2.82. The van der Waals surface area contributed by atoms with Gasteiger partial charge in [0.25, 0.3) is 0 Å². The summed E-state index contributed by atoms with van der Waals surface area (Å²) in [5, 5.41) is 11.5. The molecular formula is C11H13ClN6OS2. The summed E-state index contributed by atoms with van der Waals surface area (Å²) in [4.78, 5) is 16.0. The lowest BCUT2D eigenvalue weighted by Gasteiger charge is -2.11. The molecule has 0 aliphatic heterocycles. The van der Waals surface area contributed by atoms with Crippen molar-refractivity contribution in [1.29, 1.82) is 0 Å². The van der Waals surface area contributed by atoms with Gasteiger partial charge in [0.15, 0.2) is 5.15 Å². The molecule has 2 aromatic heterocycles. The Morgan fingerprint density at radius 2 is 2.19 bits per heavy atom. The van der Waals surface area contributed by atoms with E-state index < -0.39 is 5.25 Å². The molecule has 0 aliphatic rings. The molecule has 1 amide bonds. The fraction of sp³-hybridized carbons (Fsp3) is 0.273. The van der Waals surface area contributed by atoms with Crippen molar-refractivity contribution in [2.24, 2.45) is 0 Å². The quantitative estimate of drug-likeness (QED) is 0.485. The molecule has 7 nitrogen and oxygen atoms in total. The summed E-state index contributed by atoms with van der Waals surface area (Å²) in [6, 6.07) is 3.38. The number of thioether (sulfide) groups is 2. The first kappa shape index (κ1) is 15.9. The zero-order valence-electron chi connectivity index (χ0n) is 11.3. The van der Waals surface area contributed by atoms with Gasteiger partial charge in [-0.3, -0.25) is 4.79 Å². The average molecular weight is 345 g/mol. The van der Waals surface area contributed by atoms with Crippen molar-refractivity contribution >= 4 is 46.7 Å². The molecule has 0 radical (unpaired) electrons. The number of anilines is 1. The first-order chi connectivity index (χ1) is 10.0. The SMILES string of the molecule is CSc1nnc(S[C@H](C)C(=O)Nc2cccnc2Cl)n1N. The van der Waals surface area contributed by atoms with Crippen LogP contribution >= 0.6 is 35.1 Å². The van der Waals surface area contributed by atoms with Gasteiger partial charge in [-0.05, 0) is 25.3 Å². The molecule has 0 fully saturated rings. The normalized spacial score (nSPS) is 12.1. The zero-order valence-corrected chi connectivity index (χ0v) is 13.7. The predicted molar refractivity (Wildman–Crippen MR) is 85.1 cm³/mol. The lowest BCUT2D eigenvalue weighted by Crippen LogP contribution is -2.24. The molecule has 2 heterocycles. The minimum Gasteiger partial charge on any atom is -0.335 e. The molecule has 112 valence electrons. The van der Waals surface area contributed by atoms with E-state index in [0.29, 0.717) is 16.0 Å². The van der Waals surface area contributed by atoms with Crippen molar-refractivity contribution < 1.29 is 4.79 Å². The number of nitrogens with one attached hydrogen (secondary N) is 1. The Labute approximate surface area is 135 Å². The molecule has 2 aromatic rings. The summed E-state index contributed by atoms with van der Waals surface area (Å²) in [6.45, 7) is 1.75. The molecule has 0 spiro atoms. The zero-order chi connectivity index (χ0) is 15.4. The van der Waals surface area contributed by atoms with E-state index in [4.69, 9.17) is 17.4 Å². The van der Waals surface area contributed by atoms with Crippen molar-refractivity contribution in [2.45, 2.75) is 22.5 Å². The Kier molecular flexibility index (Phi) is 5.32. The van der Waals surface area contributed by atoms with Crippen LogP contribution in [0.2, 0.25) is 5.15 Å². The van der Waals surface area contributed by atoms with Crippen LogP contribution in [0.15, 0.2) is 28.6 Å². The molecule has 0 bridgehead atoms. The minimum atomic E-state index is -0.414. The van der Waals surface area contributed by atoms with Gasteiger partial charge >= 0.3 is 0 Å². The third-order valence-electron chi connectivity index (χ3n) is 2.48. The van der Waals surface area contributed by atoms with Crippen LogP contribution in [0.4, 0.5) is 5.69 Å². The smallest absolute Gasteiger partial charge is 0.237 e. The van der Waals surface area contributed by atoms with Crippen LogP contribution in [0.25, 0.3) is 0 Å². The van der Waals surface area contributed by atoms with Crippen LogP contribution in [0.5, 0.6) is 0 Å². The highest BCUT2D eigenvalue weighted by atomic mass is 35.5. The molecule has 0 aliphatic carbocycles. The van der Waals surface area contributed by atoms with Gasteiger partial charge in [-0.1, -0.05) is 35.1 Å². The maximum atomic E-state index is 12.1. The number of rotatable bonds is 5. The van der Waals surface area contributed by atoms with Crippen molar-refractivity contribution in [1.82, 2.24) is 19.9 Å². The number of aromatic nitrogens is 4. The van der Waals surface area contributed by atoms with Gasteiger partial charge in [0.2, 0.25) is 16.2 Å². The Hall–Kier alpha value is -1.45. The third kappa shape index (κ3) is 3.80. The number of carbonyl (C=O) groups is 1. The van der Waals surface area contributed by atoms with Crippen molar-refractivity contribution in [3.8, 4) is 0 Å². The molecule has 2 rings (SSSR count). The highest BCUT2D eigenvalue weighted by molar-refractivity contribution is 8.00. The van der Waals surface area contributed by atoms with Crippen LogP contribution < -0.4 is 11.2 Å². The van der Waals surface area contributed by atoms with E-state index in [9.17, 15) is 4.79 Å². The largest absolute Gasteiger partial charge is 0.335 e. The maximum absolute atomic E-state index is 12.1. The van der Waals surface area contributed by atoms with Gasteiger partial charge in [0.1, 0.15) is 0 Å². The molecule has 21 heavy (non-hydrogen) atoms. The molecule has 0 aromatic carbocycles. The number of amides is 1. The second-order valence-electron chi connectivity index (χ2n) is 3.93. The summed E-state index contributed by atoms with van der Waals surface area (Å²) in [5.41, 5.74) is 0.468. The van der Waals surface area contributed by atoms with Crippen LogP contribution in [0.3, 0.4) is 0 Å². The van der Waals surface area contributed by atoms with Crippen LogP contribution in [-0.4, -0.2) is 37.3 Å². The van der Waals surface area contributed by atoms with Gasteiger partial charge in [0.05, 0.1) is 10.9 Å². The van der Waals surface area contributed by atoms with E-state index in [-0.39, 0.29) is 11.1 Å². The topological polar surface area (TPSA) is 98.7 Å². The number of nitrogens with two attached hydrogens (primary N) is 1. The highest BCUT2D eigenvalue weighted by Gasteiger charge is 2.20. The van der Waals surface area contributed by atoms with E-state index >= 15 is 0 Å². The number of carbonyl (C=O) groups excluding carboxylic acids is 1. The van der Waals surface area contributed by atoms with Gasteiger partial charge < -0.3 is 11.2 Å². The number of hydrogen-bond acceptors (Lipinski definition) is 7. The molecule has 0 saturated heterocycles. The van der Waals surface area contributed by atoms with E-state index in [2.05, 4.69) is 20.5 Å². The number of pyridine rings is 1. The summed E-state index contributed by atoms with van der Waals surface area (Å²) in [7, 11) is 0. The lowest BCUT2D eigenvalue weighted by atomic mass is 10.4. The first-order valence-electron chi connectivity index (χ1n) is 5.85. The summed E-state index contributed by atoms with van der Waals surface area (Å²) in [6.07, 6.45) is 3.40. The van der Waals surface area contributed by atoms with E-state index in [0.717, 1.165) is 0 Å². The minimum absolute atomic E-state index is 0.219. The lowest BCUT2D eigenvalue weighted by molar-refractivity contribution is -0.115. The van der Waals surface area contributed by atoms with Crippen LogP contribution in [0.1, 0.15) is 6.92 Å².